The summed E-state index contributed by atoms with van der Waals surface area (Å²) in [5.74, 6) is -0.605. The molecule has 0 radical (unpaired) electrons. The fraction of sp³-hybridized carbons (Fsp3) is 0.533. The van der Waals surface area contributed by atoms with Crippen molar-refractivity contribution in [3.8, 4) is 0 Å². The number of carbonyl (C=O) groups excluding carboxylic acids is 1. The van der Waals surface area contributed by atoms with E-state index in [4.69, 9.17) is 15.2 Å². The quantitative estimate of drug-likeness (QED) is 0.848. The van der Waals surface area contributed by atoms with Gasteiger partial charge in [-0.25, -0.2) is 4.39 Å². The van der Waals surface area contributed by atoms with E-state index in [-0.39, 0.29) is 36.2 Å². The molecule has 0 aromatic heterocycles. The molecule has 0 aliphatic carbocycles. The van der Waals surface area contributed by atoms with E-state index in [1.165, 1.54) is 12.1 Å². The van der Waals surface area contributed by atoms with Crippen LogP contribution in [-0.4, -0.2) is 31.3 Å². The molecular weight excluding hydrogens is 297 g/mol. The second-order valence-corrected chi connectivity index (χ2v) is 5.20. The van der Waals surface area contributed by atoms with E-state index in [2.05, 4.69) is 0 Å². The molecule has 3 atom stereocenters. The molecule has 2 rings (SSSR count). The minimum atomic E-state index is -0.623. The molecule has 0 spiro atoms. The van der Waals surface area contributed by atoms with Crippen LogP contribution >= 0.6 is 12.4 Å². The van der Waals surface area contributed by atoms with Gasteiger partial charge in [-0.2, -0.15) is 0 Å². The molecular formula is C15H21ClFNO3. The number of cyclic esters (lactones) is 1. The van der Waals surface area contributed by atoms with Gasteiger partial charge in [0.25, 0.3) is 0 Å². The molecule has 2 N–H and O–H groups in total. The van der Waals surface area contributed by atoms with Crippen LogP contribution in [0.2, 0.25) is 0 Å². The number of esters is 1. The molecule has 1 aromatic carbocycles. The molecule has 1 heterocycles. The highest BCUT2D eigenvalue weighted by Gasteiger charge is 2.26. The topological polar surface area (TPSA) is 61.5 Å². The average molecular weight is 318 g/mol. The first-order valence-corrected chi connectivity index (χ1v) is 6.84. The van der Waals surface area contributed by atoms with Crippen LogP contribution in [0, 0.1) is 11.7 Å². The van der Waals surface area contributed by atoms with Crippen LogP contribution in [0.25, 0.3) is 0 Å². The lowest BCUT2D eigenvalue weighted by Crippen LogP contribution is -2.36. The maximum atomic E-state index is 12.9. The number of hydrogen-bond donors (Lipinski definition) is 1. The molecule has 0 amide bonds. The van der Waals surface area contributed by atoms with E-state index in [1.807, 2.05) is 6.92 Å². The van der Waals surface area contributed by atoms with Gasteiger partial charge in [-0.1, -0.05) is 12.1 Å². The van der Waals surface area contributed by atoms with Crippen molar-refractivity contribution in [1.82, 2.24) is 0 Å². The summed E-state index contributed by atoms with van der Waals surface area (Å²) < 4.78 is 23.8. The molecule has 1 aliphatic rings. The van der Waals surface area contributed by atoms with Crippen LogP contribution in [0.5, 0.6) is 0 Å². The molecule has 4 nitrogen and oxygen atoms in total. The number of carbonyl (C=O) groups is 1. The number of halogens is 2. The SMILES string of the molecule is C[C@@H]1OC(=O)[C@@H](N)CCOC[C@H]1Cc1ccc(F)cc1.Cl. The fourth-order valence-corrected chi connectivity index (χ4v) is 2.21. The Bertz CT molecular complexity index is 455. The summed E-state index contributed by atoms with van der Waals surface area (Å²) >= 11 is 0. The molecule has 1 aromatic rings. The maximum Gasteiger partial charge on any atom is 0.323 e. The number of benzene rings is 1. The third-order valence-electron chi connectivity index (χ3n) is 3.58. The smallest absolute Gasteiger partial charge is 0.323 e. The van der Waals surface area contributed by atoms with Gasteiger partial charge >= 0.3 is 5.97 Å². The van der Waals surface area contributed by atoms with Crippen LogP contribution in [-0.2, 0) is 20.7 Å². The predicted octanol–water partition coefficient (Wildman–Crippen LogP) is 2.09. The number of rotatable bonds is 2. The first-order valence-electron chi connectivity index (χ1n) is 6.84. The molecule has 118 valence electrons. The number of hydrogen-bond acceptors (Lipinski definition) is 4. The zero-order chi connectivity index (χ0) is 14.5. The second-order valence-electron chi connectivity index (χ2n) is 5.20. The summed E-state index contributed by atoms with van der Waals surface area (Å²) in [6.45, 7) is 2.79. The second kappa shape index (κ2) is 8.32. The summed E-state index contributed by atoms with van der Waals surface area (Å²) in [4.78, 5) is 11.7. The van der Waals surface area contributed by atoms with Crippen LogP contribution in [0.4, 0.5) is 4.39 Å². The standard InChI is InChI=1S/C15H20FNO3.ClH/c1-10-12(8-11-2-4-13(16)5-3-11)9-19-7-6-14(17)15(18)20-10;/h2-5,10,12,14H,6-9,17H2,1H3;1H/t10-,12+,14-;/m0./s1. The van der Waals surface area contributed by atoms with E-state index in [1.54, 1.807) is 12.1 Å². The first-order chi connectivity index (χ1) is 9.56. The van der Waals surface area contributed by atoms with Gasteiger partial charge in [-0.3, -0.25) is 4.79 Å². The Morgan fingerprint density at radius 1 is 1.33 bits per heavy atom. The van der Waals surface area contributed by atoms with Crippen LogP contribution < -0.4 is 5.73 Å². The summed E-state index contributed by atoms with van der Waals surface area (Å²) in [5, 5.41) is 0. The van der Waals surface area contributed by atoms with Crippen LogP contribution in [0.3, 0.4) is 0 Å². The Kier molecular flexibility index (Phi) is 7.08. The number of ether oxygens (including phenoxy) is 2. The lowest BCUT2D eigenvalue weighted by molar-refractivity contribution is -0.152. The molecule has 1 fully saturated rings. The van der Waals surface area contributed by atoms with Crippen molar-refractivity contribution in [1.29, 1.82) is 0 Å². The third kappa shape index (κ3) is 5.26. The van der Waals surface area contributed by atoms with E-state index in [0.29, 0.717) is 26.1 Å². The van der Waals surface area contributed by atoms with Crippen molar-refractivity contribution >= 4 is 18.4 Å². The molecule has 0 saturated carbocycles. The maximum absolute atomic E-state index is 12.9. The molecule has 0 unspecified atom stereocenters. The van der Waals surface area contributed by atoms with E-state index in [0.717, 1.165) is 5.56 Å². The van der Waals surface area contributed by atoms with Crippen molar-refractivity contribution in [2.75, 3.05) is 13.2 Å². The summed E-state index contributed by atoms with van der Waals surface area (Å²) in [6.07, 6.45) is 0.857. The Hall–Kier alpha value is -1.17. The van der Waals surface area contributed by atoms with Gasteiger partial charge < -0.3 is 15.2 Å². The van der Waals surface area contributed by atoms with Crippen molar-refractivity contribution in [2.24, 2.45) is 11.7 Å². The highest BCUT2D eigenvalue weighted by atomic mass is 35.5. The summed E-state index contributed by atoms with van der Waals surface area (Å²) in [7, 11) is 0. The Labute approximate surface area is 130 Å². The van der Waals surface area contributed by atoms with Gasteiger partial charge in [0.15, 0.2) is 0 Å². The first kappa shape index (κ1) is 17.9. The zero-order valence-electron chi connectivity index (χ0n) is 12.0. The van der Waals surface area contributed by atoms with Crippen molar-refractivity contribution < 1.29 is 18.7 Å². The van der Waals surface area contributed by atoms with Crippen molar-refractivity contribution in [2.45, 2.75) is 31.9 Å². The highest BCUT2D eigenvalue weighted by Crippen LogP contribution is 2.18. The van der Waals surface area contributed by atoms with Crippen LogP contribution in [0.15, 0.2) is 24.3 Å². The van der Waals surface area contributed by atoms with E-state index < -0.39 is 6.04 Å². The van der Waals surface area contributed by atoms with Gasteiger partial charge in [0, 0.05) is 12.5 Å². The molecule has 6 heteroatoms. The summed E-state index contributed by atoms with van der Waals surface area (Å²) in [5.41, 5.74) is 6.69. The lowest BCUT2D eigenvalue weighted by atomic mass is 9.95. The molecule has 0 bridgehead atoms. The minimum absolute atomic E-state index is 0. The van der Waals surface area contributed by atoms with Gasteiger partial charge in [0.1, 0.15) is 18.0 Å². The molecule has 1 aliphatic heterocycles. The number of nitrogens with two attached hydrogens (primary N) is 1. The van der Waals surface area contributed by atoms with Gasteiger partial charge in [0.05, 0.1) is 6.61 Å². The zero-order valence-corrected chi connectivity index (χ0v) is 12.8. The monoisotopic (exact) mass is 317 g/mol. The fourth-order valence-electron chi connectivity index (χ4n) is 2.21. The predicted molar refractivity (Wildman–Crippen MR) is 79.8 cm³/mol. The van der Waals surface area contributed by atoms with Gasteiger partial charge in [0.2, 0.25) is 0 Å². The van der Waals surface area contributed by atoms with E-state index >= 15 is 0 Å². The summed E-state index contributed by atoms with van der Waals surface area (Å²) in [6, 6.07) is 5.71. The van der Waals surface area contributed by atoms with Crippen molar-refractivity contribution in [3.63, 3.8) is 0 Å². The van der Waals surface area contributed by atoms with Crippen molar-refractivity contribution in [3.05, 3.63) is 35.6 Å². The Balaban J connectivity index is 0.00000220. The Morgan fingerprint density at radius 3 is 2.67 bits per heavy atom. The normalized spacial score (nSPS) is 26.8. The third-order valence-corrected chi connectivity index (χ3v) is 3.58. The highest BCUT2D eigenvalue weighted by molar-refractivity contribution is 5.85. The average Bonchev–Trinajstić information content (AvgIpc) is 2.48. The largest absolute Gasteiger partial charge is 0.461 e. The van der Waals surface area contributed by atoms with Gasteiger partial charge in [-0.15, -0.1) is 12.4 Å². The molecule has 1 saturated heterocycles. The molecule has 21 heavy (non-hydrogen) atoms. The minimum Gasteiger partial charge on any atom is -0.461 e. The van der Waals surface area contributed by atoms with Gasteiger partial charge in [-0.05, 0) is 37.5 Å². The van der Waals surface area contributed by atoms with Crippen LogP contribution in [0.1, 0.15) is 18.9 Å². The lowest BCUT2D eigenvalue weighted by Gasteiger charge is -2.23. The Morgan fingerprint density at radius 2 is 2.00 bits per heavy atom. The van der Waals surface area contributed by atoms with E-state index in [9.17, 15) is 9.18 Å².